The Morgan fingerprint density at radius 1 is 1.28 bits per heavy atom. The van der Waals surface area contributed by atoms with Gasteiger partial charge in [-0.25, -0.2) is 13.1 Å². The molecule has 0 amide bonds. The summed E-state index contributed by atoms with van der Waals surface area (Å²) in [7, 11) is -3.26. The van der Waals surface area contributed by atoms with Gasteiger partial charge in [0.2, 0.25) is 10.0 Å². The minimum Gasteiger partial charge on any atom is -0.303 e. The highest BCUT2D eigenvalue weighted by molar-refractivity contribution is 7.91. The van der Waals surface area contributed by atoms with Gasteiger partial charge in [-0.2, -0.15) is 0 Å². The second-order valence-electron chi connectivity index (χ2n) is 4.59. The second-order valence-corrected chi connectivity index (χ2v) is 7.53. The molecule has 18 heavy (non-hydrogen) atoms. The third-order valence-electron chi connectivity index (χ3n) is 3.15. The summed E-state index contributed by atoms with van der Waals surface area (Å²) in [5.74, 6) is 0. The molecule has 0 saturated carbocycles. The van der Waals surface area contributed by atoms with Crippen molar-refractivity contribution in [3.8, 4) is 0 Å². The van der Waals surface area contributed by atoms with E-state index in [9.17, 15) is 8.42 Å². The highest BCUT2D eigenvalue weighted by Crippen LogP contribution is 2.15. The molecule has 1 aromatic heterocycles. The van der Waals surface area contributed by atoms with E-state index in [4.69, 9.17) is 0 Å². The predicted molar refractivity (Wildman–Crippen MR) is 74.4 cm³/mol. The normalized spacial score (nSPS) is 17.3. The Morgan fingerprint density at radius 3 is 2.72 bits per heavy atom. The number of thiophene rings is 1. The van der Waals surface area contributed by atoms with Crippen LogP contribution in [-0.2, 0) is 10.0 Å². The quantitative estimate of drug-likeness (QED) is 0.780. The van der Waals surface area contributed by atoms with Crippen LogP contribution in [0.15, 0.2) is 21.7 Å². The molecule has 6 heteroatoms. The average molecular weight is 288 g/mol. The van der Waals surface area contributed by atoms with E-state index < -0.39 is 10.0 Å². The first-order chi connectivity index (χ1) is 8.68. The Labute approximate surface area is 113 Å². The zero-order valence-electron chi connectivity index (χ0n) is 10.5. The molecule has 4 nitrogen and oxygen atoms in total. The highest BCUT2D eigenvalue weighted by atomic mass is 32.2. The Hall–Kier alpha value is -0.430. The minimum absolute atomic E-state index is 0.405. The van der Waals surface area contributed by atoms with Crippen LogP contribution in [0.4, 0.5) is 0 Å². The number of hydrogen-bond acceptors (Lipinski definition) is 4. The largest absolute Gasteiger partial charge is 0.303 e. The lowest BCUT2D eigenvalue weighted by molar-refractivity contribution is 0.330. The van der Waals surface area contributed by atoms with Gasteiger partial charge in [0.15, 0.2) is 0 Å². The second kappa shape index (κ2) is 6.65. The number of rotatable bonds is 7. The molecular weight excluding hydrogens is 268 g/mol. The Bertz CT molecular complexity index is 437. The van der Waals surface area contributed by atoms with Crippen molar-refractivity contribution in [3.05, 3.63) is 17.5 Å². The molecule has 0 atom stereocenters. The van der Waals surface area contributed by atoms with Crippen molar-refractivity contribution >= 4 is 21.4 Å². The molecule has 0 unspecified atom stereocenters. The molecule has 0 aliphatic carbocycles. The van der Waals surface area contributed by atoms with Crippen LogP contribution in [0.3, 0.4) is 0 Å². The van der Waals surface area contributed by atoms with Gasteiger partial charge in [0.05, 0.1) is 0 Å². The summed E-state index contributed by atoms with van der Waals surface area (Å²) in [6, 6.07) is 3.39. The molecule has 102 valence electrons. The number of nitrogens with zero attached hydrogens (tertiary/aromatic N) is 1. The summed E-state index contributed by atoms with van der Waals surface area (Å²) >= 11 is 1.26. The molecule has 1 fully saturated rings. The zero-order valence-corrected chi connectivity index (χ0v) is 12.1. The third-order valence-corrected chi connectivity index (χ3v) is 6.01. The molecule has 1 N–H and O–H groups in total. The van der Waals surface area contributed by atoms with E-state index in [0.717, 1.165) is 19.4 Å². The first kappa shape index (κ1) is 14.0. The number of unbranched alkanes of at least 4 members (excludes halogenated alkanes) is 1. The molecule has 0 spiro atoms. The summed E-state index contributed by atoms with van der Waals surface area (Å²) in [6.45, 7) is 4.05. The van der Waals surface area contributed by atoms with Crippen molar-refractivity contribution in [2.45, 2.75) is 29.9 Å². The first-order valence-corrected chi connectivity index (χ1v) is 8.80. The Balaban J connectivity index is 1.63. The average Bonchev–Trinajstić information content (AvgIpc) is 3.02. The van der Waals surface area contributed by atoms with Gasteiger partial charge in [0, 0.05) is 6.54 Å². The minimum atomic E-state index is -3.26. The van der Waals surface area contributed by atoms with Gasteiger partial charge in [-0.1, -0.05) is 6.07 Å². The van der Waals surface area contributed by atoms with Gasteiger partial charge in [-0.3, -0.25) is 0 Å². The fraction of sp³-hybridized carbons (Fsp3) is 0.667. The van der Waals surface area contributed by atoms with Crippen LogP contribution in [0.1, 0.15) is 25.7 Å². The van der Waals surface area contributed by atoms with Crippen LogP contribution >= 0.6 is 11.3 Å². The maximum absolute atomic E-state index is 11.8. The predicted octanol–water partition coefficient (Wildman–Crippen LogP) is 1.90. The molecule has 1 aliphatic rings. The van der Waals surface area contributed by atoms with E-state index in [1.807, 2.05) is 0 Å². The Kier molecular flexibility index (Phi) is 5.17. The molecule has 2 heterocycles. The van der Waals surface area contributed by atoms with Crippen LogP contribution in [0.2, 0.25) is 0 Å². The molecule has 0 bridgehead atoms. The lowest BCUT2D eigenvalue weighted by atomic mass is 10.3. The topological polar surface area (TPSA) is 49.4 Å². The molecule has 0 aromatic carbocycles. The maximum Gasteiger partial charge on any atom is 0.250 e. The number of nitrogens with one attached hydrogen (secondary N) is 1. The fourth-order valence-electron chi connectivity index (χ4n) is 2.16. The molecule has 1 aliphatic heterocycles. The van der Waals surface area contributed by atoms with E-state index in [0.29, 0.717) is 10.8 Å². The van der Waals surface area contributed by atoms with Crippen LogP contribution in [0.25, 0.3) is 0 Å². The third kappa shape index (κ3) is 4.05. The summed E-state index contributed by atoms with van der Waals surface area (Å²) in [6.07, 6.45) is 4.59. The van der Waals surface area contributed by atoms with E-state index in [1.54, 1.807) is 17.5 Å². The van der Waals surface area contributed by atoms with E-state index >= 15 is 0 Å². The Morgan fingerprint density at radius 2 is 2.06 bits per heavy atom. The standard InChI is InChI=1S/C12H20N2O2S2/c15-18(16,12-6-5-11-17-12)13-7-1-2-8-14-9-3-4-10-14/h5-6,11,13H,1-4,7-10H2. The fourth-order valence-corrected chi connectivity index (χ4v) is 4.27. The summed E-state index contributed by atoms with van der Waals surface area (Å²) < 4.78 is 26.7. The van der Waals surface area contributed by atoms with Gasteiger partial charge < -0.3 is 4.90 Å². The lowest BCUT2D eigenvalue weighted by Gasteiger charge is -2.13. The van der Waals surface area contributed by atoms with E-state index in [2.05, 4.69) is 9.62 Å². The summed E-state index contributed by atoms with van der Waals surface area (Å²) in [5.41, 5.74) is 0. The van der Waals surface area contributed by atoms with Crippen molar-refractivity contribution in [1.82, 2.24) is 9.62 Å². The van der Waals surface area contributed by atoms with Gasteiger partial charge in [0.25, 0.3) is 0 Å². The van der Waals surface area contributed by atoms with Crippen LogP contribution in [-0.4, -0.2) is 39.5 Å². The number of likely N-dealkylation sites (tertiary alicyclic amines) is 1. The monoisotopic (exact) mass is 288 g/mol. The van der Waals surface area contributed by atoms with E-state index in [1.165, 1.54) is 37.3 Å². The number of hydrogen-bond donors (Lipinski definition) is 1. The highest BCUT2D eigenvalue weighted by Gasteiger charge is 2.14. The van der Waals surface area contributed by atoms with Crippen molar-refractivity contribution in [2.24, 2.45) is 0 Å². The van der Waals surface area contributed by atoms with Gasteiger partial charge in [0.1, 0.15) is 4.21 Å². The molecule has 1 saturated heterocycles. The lowest BCUT2D eigenvalue weighted by Crippen LogP contribution is -2.25. The van der Waals surface area contributed by atoms with Crippen LogP contribution in [0.5, 0.6) is 0 Å². The molecule has 2 rings (SSSR count). The van der Waals surface area contributed by atoms with Crippen LogP contribution < -0.4 is 4.72 Å². The molecule has 0 radical (unpaired) electrons. The van der Waals surface area contributed by atoms with Crippen molar-refractivity contribution in [1.29, 1.82) is 0 Å². The van der Waals surface area contributed by atoms with Crippen molar-refractivity contribution < 1.29 is 8.42 Å². The maximum atomic E-state index is 11.8. The van der Waals surface area contributed by atoms with Gasteiger partial charge >= 0.3 is 0 Å². The summed E-state index contributed by atoms with van der Waals surface area (Å²) in [5, 5.41) is 1.78. The van der Waals surface area contributed by atoms with Crippen molar-refractivity contribution in [3.63, 3.8) is 0 Å². The molecular formula is C12H20N2O2S2. The summed E-state index contributed by atoms with van der Waals surface area (Å²) in [4.78, 5) is 2.45. The van der Waals surface area contributed by atoms with Gasteiger partial charge in [-0.05, 0) is 56.8 Å². The SMILES string of the molecule is O=S(=O)(NCCCCN1CCCC1)c1cccs1. The van der Waals surface area contributed by atoms with E-state index in [-0.39, 0.29) is 0 Å². The molecule has 1 aromatic rings. The van der Waals surface area contributed by atoms with Gasteiger partial charge in [-0.15, -0.1) is 11.3 Å². The van der Waals surface area contributed by atoms with Crippen LogP contribution in [0, 0.1) is 0 Å². The number of sulfonamides is 1. The first-order valence-electron chi connectivity index (χ1n) is 6.44. The van der Waals surface area contributed by atoms with Crippen molar-refractivity contribution in [2.75, 3.05) is 26.2 Å². The smallest absolute Gasteiger partial charge is 0.250 e. The zero-order chi connectivity index (χ0) is 12.8.